The molecule has 0 atom stereocenters. The molecule has 0 aliphatic carbocycles. The van der Waals surface area contributed by atoms with E-state index in [9.17, 15) is 4.79 Å². The number of fused-ring (bicyclic) bond motifs is 3. The highest BCUT2D eigenvalue weighted by Crippen LogP contribution is 2.31. The Labute approximate surface area is 226 Å². The van der Waals surface area contributed by atoms with Gasteiger partial charge in [-0.25, -0.2) is 4.98 Å². The fourth-order valence-electron chi connectivity index (χ4n) is 4.67. The van der Waals surface area contributed by atoms with Gasteiger partial charge in [-0.3, -0.25) is 9.20 Å². The van der Waals surface area contributed by atoms with Crippen LogP contribution in [0.25, 0.3) is 34.1 Å². The maximum Gasteiger partial charge on any atom is 0.216 e. The summed E-state index contributed by atoms with van der Waals surface area (Å²) < 4.78 is 4.21. The van der Waals surface area contributed by atoms with Crippen molar-refractivity contribution in [2.75, 3.05) is 19.6 Å². The molecule has 3 aromatic carbocycles. The predicted molar refractivity (Wildman–Crippen MR) is 154 cm³/mol. The van der Waals surface area contributed by atoms with Gasteiger partial charge in [-0.2, -0.15) is 0 Å². The van der Waals surface area contributed by atoms with Gasteiger partial charge in [-0.15, -0.1) is 0 Å². The maximum atomic E-state index is 13.8. The molecule has 188 valence electrons. The summed E-state index contributed by atoms with van der Waals surface area (Å²) in [5.74, 6) is 0.626. The SMILES string of the molecule is CCN(CC)CCn1c2ccccc2n2c(C(=O)C=Cc3ccc(Cl)cc3)c(-c3ccc(Cl)cc3)nc12. The molecule has 7 heteroatoms. The molecule has 0 bridgehead atoms. The summed E-state index contributed by atoms with van der Waals surface area (Å²) >= 11 is 12.2. The van der Waals surface area contributed by atoms with Crippen LogP contribution in [0.1, 0.15) is 29.9 Å². The fraction of sp³-hybridized carbons (Fsp3) is 0.200. The van der Waals surface area contributed by atoms with E-state index in [1.165, 1.54) is 0 Å². The van der Waals surface area contributed by atoms with Crippen LogP contribution in [-0.4, -0.2) is 44.3 Å². The number of halogens is 2. The molecule has 0 radical (unpaired) electrons. The molecule has 0 unspecified atom stereocenters. The topological polar surface area (TPSA) is 42.5 Å². The number of likely N-dealkylation sites (N-methyl/N-ethyl adjacent to an activating group) is 1. The summed E-state index contributed by atoms with van der Waals surface area (Å²) in [6, 6.07) is 23.0. The molecule has 0 fully saturated rings. The largest absolute Gasteiger partial charge is 0.308 e. The summed E-state index contributed by atoms with van der Waals surface area (Å²) in [7, 11) is 0. The molecule has 0 spiro atoms. The van der Waals surface area contributed by atoms with Crippen molar-refractivity contribution in [3.63, 3.8) is 0 Å². The first-order chi connectivity index (χ1) is 18.0. The van der Waals surface area contributed by atoms with E-state index in [-0.39, 0.29) is 5.78 Å². The Balaban J connectivity index is 1.69. The van der Waals surface area contributed by atoms with Crippen molar-refractivity contribution < 1.29 is 4.79 Å². The molecule has 5 aromatic rings. The van der Waals surface area contributed by atoms with Gasteiger partial charge in [0.2, 0.25) is 11.6 Å². The van der Waals surface area contributed by atoms with Crippen molar-refractivity contribution in [1.82, 2.24) is 18.9 Å². The quantitative estimate of drug-likeness (QED) is 0.146. The Bertz CT molecular complexity index is 1580. The van der Waals surface area contributed by atoms with E-state index in [4.69, 9.17) is 28.2 Å². The van der Waals surface area contributed by atoms with E-state index in [0.29, 0.717) is 21.4 Å². The summed E-state index contributed by atoms with van der Waals surface area (Å²) in [5, 5.41) is 1.29. The molecule has 5 rings (SSSR count). The predicted octanol–water partition coefficient (Wildman–Crippen LogP) is 7.50. The third-order valence-electron chi connectivity index (χ3n) is 6.70. The van der Waals surface area contributed by atoms with Crippen molar-refractivity contribution in [3.8, 4) is 11.3 Å². The van der Waals surface area contributed by atoms with E-state index in [0.717, 1.165) is 54.1 Å². The van der Waals surface area contributed by atoms with Gasteiger partial charge in [0.25, 0.3) is 0 Å². The Morgan fingerprint density at radius 3 is 2.16 bits per heavy atom. The molecule has 2 heterocycles. The number of ketones is 1. The summed E-state index contributed by atoms with van der Waals surface area (Å²) in [6.07, 6.45) is 3.41. The van der Waals surface area contributed by atoms with E-state index >= 15 is 0 Å². The minimum absolute atomic E-state index is 0.126. The first-order valence-electron chi connectivity index (χ1n) is 12.5. The van der Waals surface area contributed by atoms with E-state index in [1.54, 1.807) is 6.08 Å². The zero-order chi connectivity index (χ0) is 25.9. The van der Waals surface area contributed by atoms with Crippen molar-refractivity contribution in [3.05, 3.63) is 100 Å². The second-order valence-electron chi connectivity index (χ2n) is 8.87. The maximum absolute atomic E-state index is 13.8. The number of carbonyl (C=O) groups excluding carboxylic acids is 1. The first-order valence-corrected chi connectivity index (χ1v) is 13.2. The number of imidazole rings is 2. The van der Waals surface area contributed by atoms with Gasteiger partial charge in [0.05, 0.1) is 11.0 Å². The number of benzene rings is 3. The highest BCUT2D eigenvalue weighted by atomic mass is 35.5. The minimum atomic E-state index is -0.126. The lowest BCUT2D eigenvalue weighted by atomic mass is 10.1. The second-order valence-corrected chi connectivity index (χ2v) is 9.74. The molecule has 0 aliphatic rings. The molecule has 0 saturated carbocycles. The van der Waals surface area contributed by atoms with Gasteiger partial charge in [-0.1, -0.05) is 79.5 Å². The number of carbonyl (C=O) groups is 1. The van der Waals surface area contributed by atoms with Gasteiger partial charge >= 0.3 is 0 Å². The van der Waals surface area contributed by atoms with Crippen molar-refractivity contribution in [2.24, 2.45) is 0 Å². The van der Waals surface area contributed by atoms with Crippen LogP contribution in [0.4, 0.5) is 0 Å². The second kappa shape index (κ2) is 10.9. The standard InChI is InChI=1S/C30H28Cl2N4O/c1-3-34(4-2)19-20-35-25-7-5-6-8-26(25)36-29(27(37)18-11-21-9-14-23(31)15-10-21)28(33-30(35)36)22-12-16-24(32)17-13-22/h5-18H,3-4,19-20H2,1-2H3. The van der Waals surface area contributed by atoms with Gasteiger partial charge < -0.3 is 9.47 Å². The number of aromatic nitrogens is 3. The Hall–Kier alpha value is -3.38. The van der Waals surface area contributed by atoms with E-state index in [2.05, 4.69) is 29.4 Å². The third kappa shape index (κ3) is 5.08. The number of rotatable bonds is 9. The molecular formula is C30H28Cl2N4O. The van der Waals surface area contributed by atoms with Crippen LogP contribution in [0.15, 0.2) is 78.9 Å². The molecule has 0 saturated heterocycles. The van der Waals surface area contributed by atoms with Gasteiger partial charge in [0.15, 0.2) is 0 Å². The number of nitrogens with zero attached hydrogens (tertiary/aromatic N) is 4. The smallest absolute Gasteiger partial charge is 0.216 e. The van der Waals surface area contributed by atoms with Gasteiger partial charge in [0, 0.05) is 28.7 Å². The first kappa shape index (κ1) is 25.3. The number of para-hydroxylation sites is 2. The zero-order valence-corrected chi connectivity index (χ0v) is 22.4. The van der Waals surface area contributed by atoms with Crippen molar-refractivity contribution in [1.29, 1.82) is 0 Å². The number of allylic oxidation sites excluding steroid dienone is 1. The molecular weight excluding hydrogens is 503 g/mol. The highest BCUT2D eigenvalue weighted by molar-refractivity contribution is 6.31. The van der Waals surface area contributed by atoms with Gasteiger partial charge in [0.1, 0.15) is 11.4 Å². The Morgan fingerprint density at radius 1 is 0.892 bits per heavy atom. The molecule has 0 aliphatic heterocycles. The van der Waals surface area contributed by atoms with E-state index in [1.807, 2.05) is 77.2 Å². The zero-order valence-electron chi connectivity index (χ0n) is 20.9. The minimum Gasteiger partial charge on any atom is -0.308 e. The van der Waals surface area contributed by atoms with Crippen LogP contribution < -0.4 is 0 Å². The molecule has 2 aromatic heterocycles. The summed E-state index contributed by atoms with van der Waals surface area (Å²) in [5.41, 5.74) is 4.91. The lowest BCUT2D eigenvalue weighted by Crippen LogP contribution is -2.27. The van der Waals surface area contributed by atoms with Crippen LogP contribution in [-0.2, 0) is 6.54 Å². The molecule has 0 N–H and O–H groups in total. The number of hydrogen-bond donors (Lipinski definition) is 0. The average molecular weight is 531 g/mol. The Morgan fingerprint density at radius 2 is 1.51 bits per heavy atom. The van der Waals surface area contributed by atoms with E-state index < -0.39 is 0 Å². The van der Waals surface area contributed by atoms with Crippen molar-refractivity contribution in [2.45, 2.75) is 20.4 Å². The summed E-state index contributed by atoms with van der Waals surface area (Å²) in [6.45, 7) is 7.97. The van der Waals surface area contributed by atoms with Gasteiger partial charge in [-0.05, 0) is 61.1 Å². The number of hydrogen-bond acceptors (Lipinski definition) is 3. The third-order valence-corrected chi connectivity index (χ3v) is 7.20. The van der Waals surface area contributed by atoms with Crippen molar-refractivity contribution >= 4 is 51.9 Å². The molecule has 0 amide bonds. The highest BCUT2D eigenvalue weighted by Gasteiger charge is 2.24. The summed E-state index contributed by atoms with van der Waals surface area (Å²) in [4.78, 5) is 21.3. The molecule has 5 nitrogen and oxygen atoms in total. The van der Waals surface area contributed by atoms with Crippen LogP contribution >= 0.6 is 23.2 Å². The average Bonchev–Trinajstić information content (AvgIpc) is 3.45. The monoisotopic (exact) mass is 530 g/mol. The lowest BCUT2D eigenvalue weighted by Gasteiger charge is -2.18. The fourth-order valence-corrected chi connectivity index (χ4v) is 4.92. The Kier molecular flexibility index (Phi) is 7.47. The molecule has 37 heavy (non-hydrogen) atoms. The normalized spacial score (nSPS) is 11.9. The van der Waals surface area contributed by atoms with Crippen LogP contribution in [0, 0.1) is 0 Å². The lowest BCUT2D eigenvalue weighted by molar-refractivity contribution is 0.104. The van der Waals surface area contributed by atoms with Crippen LogP contribution in [0.2, 0.25) is 10.0 Å². The van der Waals surface area contributed by atoms with Crippen LogP contribution in [0.3, 0.4) is 0 Å². The van der Waals surface area contributed by atoms with Crippen LogP contribution in [0.5, 0.6) is 0 Å².